The van der Waals surface area contributed by atoms with Crippen molar-refractivity contribution in [3.8, 4) is 6.07 Å². The number of carbonyl (C=O) groups excluding carboxylic acids is 1. The molecule has 2 heterocycles. The minimum Gasteiger partial charge on any atom is -0.313 e. The molecule has 0 bridgehead atoms. The molecule has 0 fully saturated rings. The molecule has 0 radical (unpaired) electrons. The molecule has 110 valence electrons. The third-order valence-electron chi connectivity index (χ3n) is 3.50. The number of amides is 1. The Hall–Kier alpha value is -2.42. The molecule has 0 atom stereocenters. The van der Waals surface area contributed by atoms with E-state index in [1.807, 2.05) is 30.3 Å². The standard InChI is InChI=1S/C17H15N3OS/c18-10-14-13-8-9-19-11-15(13)22-17(14)20-16(21)7-6-12-4-2-1-3-5-12/h1-7,19H,8-9,11H2,(H,20,21)/b7-6+. The van der Waals surface area contributed by atoms with Gasteiger partial charge < -0.3 is 10.6 Å². The first kappa shape index (κ1) is 14.5. The lowest BCUT2D eigenvalue weighted by Crippen LogP contribution is -2.22. The van der Waals surface area contributed by atoms with Crippen LogP contribution in [0.2, 0.25) is 0 Å². The normalized spacial score (nSPS) is 13.6. The highest BCUT2D eigenvalue weighted by atomic mass is 32.1. The fourth-order valence-electron chi connectivity index (χ4n) is 2.43. The molecule has 1 aromatic heterocycles. The first-order valence-electron chi connectivity index (χ1n) is 7.07. The second kappa shape index (κ2) is 6.56. The summed E-state index contributed by atoms with van der Waals surface area (Å²) in [6, 6.07) is 11.9. The van der Waals surface area contributed by atoms with E-state index < -0.39 is 0 Å². The highest BCUT2D eigenvalue weighted by Gasteiger charge is 2.21. The average molecular weight is 309 g/mol. The van der Waals surface area contributed by atoms with Crippen LogP contribution in [0.15, 0.2) is 36.4 Å². The Balaban J connectivity index is 1.76. The van der Waals surface area contributed by atoms with E-state index in [4.69, 9.17) is 0 Å². The van der Waals surface area contributed by atoms with Crippen molar-refractivity contribution in [3.63, 3.8) is 0 Å². The largest absolute Gasteiger partial charge is 0.313 e. The Labute approximate surface area is 133 Å². The maximum absolute atomic E-state index is 12.1. The van der Waals surface area contributed by atoms with Crippen molar-refractivity contribution in [1.82, 2.24) is 5.32 Å². The predicted octanol–water partition coefficient (Wildman–Crippen LogP) is 2.92. The molecule has 1 aliphatic rings. The van der Waals surface area contributed by atoms with E-state index in [1.54, 1.807) is 6.08 Å². The summed E-state index contributed by atoms with van der Waals surface area (Å²) in [7, 11) is 0. The summed E-state index contributed by atoms with van der Waals surface area (Å²) in [5.74, 6) is -0.216. The van der Waals surface area contributed by atoms with E-state index >= 15 is 0 Å². The summed E-state index contributed by atoms with van der Waals surface area (Å²) in [6.07, 6.45) is 4.09. The molecule has 0 unspecified atom stereocenters. The van der Waals surface area contributed by atoms with E-state index in [2.05, 4.69) is 16.7 Å². The fraction of sp³-hybridized carbons (Fsp3) is 0.176. The number of nitriles is 1. The van der Waals surface area contributed by atoms with Crippen LogP contribution in [0.25, 0.3) is 6.08 Å². The van der Waals surface area contributed by atoms with Crippen LogP contribution in [0.4, 0.5) is 5.00 Å². The maximum atomic E-state index is 12.1. The van der Waals surface area contributed by atoms with Gasteiger partial charge in [0.25, 0.3) is 0 Å². The fourth-order valence-corrected chi connectivity index (χ4v) is 3.60. The van der Waals surface area contributed by atoms with Crippen LogP contribution in [0.5, 0.6) is 0 Å². The first-order valence-corrected chi connectivity index (χ1v) is 7.89. The molecule has 22 heavy (non-hydrogen) atoms. The zero-order valence-electron chi connectivity index (χ0n) is 11.9. The molecule has 0 saturated heterocycles. The number of carbonyl (C=O) groups is 1. The van der Waals surface area contributed by atoms with Gasteiger partial charge in [0, 0.05) is 17.5 Å². The van der Waals surface area contributed by atoms with Crippen molar-refractivity contribution in [3.05, 3.63) is 58.0 Å². The minimum absolute atomic E-state index is 0.216. The second-order valence-electron chi connectivity index (χ2n) is 4.98. The molecule has 0 aliphatic carbocycles. The van der Waals surface area contributed by atoms with E-state index in [0.29, 0.717) is 10.6 Å². The van der Waals surface area contributed by atoms with E-state index in [-0.39, 0.29) is 5.91 Å². The van der Waals surface area contributed by atoms with Gasteiger partial charge in [-0.1, -0.05) is 30.3 Å². The number of hydrogen-bond donors (Lipinski definition) is 2. The van der Waals surface area contributed by atoms with Gasteiger partial charge in [-0.05, 0) is 30.2 Å². The van der Waals surface area contributed by atoms with Gasteiger partial charge in [0.1, 0.15) is 11.1 Å². The summed E-state index contributed by atoms with van der Waals surface area (Å²) < 4.78 is 0. The topological polar surface area (TPSA) is 64.9 Å². The zero-order valence-corrected chi connectivity index (χ0v) is 12.7. The van der Waals surface area contributed by atoms with Gasteiger partial charge >= 0.3 is 0 Å². The highest BCUT2D eigenvalue weighted by molar-refractivity contribution is 7.16. The summed E-state index contributed by atoms with van der Waals surface area (Å²) in [4.78, 5) is 13.2. The molecular formula is C17H15N3OS. The smallest absolute Gasteiger partial charge is 0.249 e. The van der Waals surface area contributed by atoms with Crippen molar-refractivity contribution in [2.45, 2.75) is 13.0 Å². The third kappa shape index (κ3) is 3.08. The Morgan fingerprint density at radius 1 is 1.36 bits per heavy atom. The van der Waals surface area contributed by atoms with Crippen molar-refractivity contribution < 1.29 is 4.79 Å². The molecule has 0 spiro atoms. The molecule has 2 aromatic rings. The molecule has 4 nitrogen and oxygen atoms in total. The number of benzene rings is 1. The molecule has 1 aromatic carbocycles. The van der Waals surface area contributed by atoms with Crippen LogP contribution in [-0.4, -0.2) is 12.5 Å². The number of nitrogens with zero attached hydrogens (tertiary/aromatic N) is 1. The molecule has 3 rings (SSSR count). The molecule has 1 amide bonds. The van der Waals surface area contributed by atoms with Gasteiger partial charge in [-0.25, -0.2) is 0 Å². The van der Waals surface area contributed by atoms with Crippen LogP contribution < -0.4 is 10.6 Å². The van der Waals surface area contributed by atoms with Gasteiger partial charge in [-0.3, -0.25) is 4.79 Å². The Kier molecular flexibility index (Phi) is 4.33. The minimum atomic E-state index is -0.216. The Morgan fingerprint density at radius 2 is 2.18 bits per heavy atom. The molecule has 1 aliphatic heterocycles. The van der Waals surface area contributed by atoms with E-state index in [1.165, 1.54) is 17.4 Å². The van der Waals surface area contributed by atoms with Crippen LogP contribution in [0.1, 0.15) is 21.6 Å². The number of fused-ring (bicyclic) bond motifs is 1. The Bertz CT molecular complexity index is 756. The van der Waals surface area contributed by atoms with Gasteiger partial charge in [0.15, 0.2) is 0 Å². The quantitative estimate of drug-likeness (QED) is 0.857. The van der Waals surface area contributed by atoms with Crippen LogP contribution in [0, 0.1) is 11.3 Å². The number of thiophene rings is 1. The number of rotatable bonds is 3. The van der Waals surface area contributed by atoms with Gasteiger partial charge in [-0.2, -0.15) is 5.26 Å². The highest BCUT2D eigenvalue weighted by Crippen LogP contribution is 2.34. The van der Waals surface area contributed by atoms with Crippen molar-refractivity contribution in [2.24, 2.45) is 0 Å². The average Bonchev–Trinajstić information content (AvgIpc) is 2.91. The van der Waals surface area contributed by atoms with Gasteiger partial charge in [-0.15, -0.1) is 11.3 Å². The van der Waals surface area contributed by atoms with Crippen molar-refractivity contribution >= 4 is 28.3 Å². The zero-order chi connectivity index (χ0) is 15.4. The monoisotopic (exact) mass is 309 g/mol. The van der Waals surface area contributed by atoms with Crippen LogP contribution in [-0.2, 0) is 17.8 Å². The third-order valence-corrected chi connectivity index (χ3v) is 4.65. The summed E-state index contributed by atoms with van der Waals surface area (Å²) >= 11 is 1.49. The van der Waals surface area contributed by atoms with Gasteiger partial charge in [0.2, 0.25) is 5.91 Å². The van der Waals surface area contributed by atoms with Gasteiger partial charge in [0.05, 0.1) is 5.56 Å². The second-order valence-corrected chi connectivity index (χ2v) is 6.08. The molecule has 5 heteroatoms. The van der Waals surface area contributed by atoms with Crippen molar-refractivity contribution in [1.29, 1.82) is 5.26 Å². The Morgan fingerprint density at radius 3 is 2.95 bits per heavy atom. The SMILES string of the molecule is N#Cc1c(NC(=O)/C=C/c2ccccc2)sc2c1CCNC2. The van der Waals surface area contributed by atoms with E-state index in [9.17, 15) is 10.1 Å². The number of anilines is 1. The lowest BCUT2D eigenvalue weighted by molar-refractivity contribution is -0.111. The van der Waals surface area contributed by atoms with Crippen LogP contribution >= 0.6 is 11.3 Å². The predicted molar refractivity (Wildman–Crippen MR) is 88.6 cm³/mol. The maximum Gasteiger partial charge on any atom is 0.249 e. The van der Waals surface area contributed by atoms with Crippen molar-refractivity contribution in [2.75, 3.05) is 11.9 Å². The molecule has 2 N–H and O–H groups in total. The lowest BCUT2D eigenvalue weighted by Gasteiger charge is -2.11. The summed E-state index contributed by atoms with van der Waals surface area (Å²) in [5, 5.41) is 16.1. The number of hydrogen-bond acceptors (Lipinski definition) is 4. The lowest BCUT2D eigenvalue weighted by atomic mass is 10.1. The number of nitrogens with one attached hydrogen (secondary N) is 2. The molecular weight excluding hydrogens is 294 g/mol. The van der Waals surface area contributed by atoms with E-state index in [0.717, 1.165) is 35.5 Å². The van der Waals surface area contributed by atoms with Crippen LogP contribution in [0.3, 0.4) is 0 Å². The first-order chi connectivity index (χ1) is 10.8. The summed E-state index contributed by atoms with van der Waals surface area (Å²) in [5.41, 5.74) is 2.66. The summed E-state index contributed by atoms with van der Waals surface area (Å²) in [6.45, 7) is 1.64. The molecule has 0 saturated carbocycles.